The Morgan fingerprint density at radius 1 is 1.53 bits per heavy atom. The third kappa shape index (κ3) is 1.57. The highest BCUT2D eigenvalue weighted by Crippen LogP contribution is 2.18. The molecule has 0 aliphatic rings. The standard InChI is InChI=1S/C11H10ClN3/c1-2-15-10-5-8(7-13)3-4-9(10)14-11(15)6-12/h3-5H,2,6H2,1H3. The molecule has 2 rings (SSSR count). The number of nitriles is 1. The molecule has 2 aromatic rings. The maximum absolute atomic E-state index is 8.82. The van der Waals surface area contributed by atoms with Crippen molar-refractivity contribution in [3.8, 4) is 6.07 Å². The van der Waals surface area contributed by atoms with Gasteiger partial charge in [-0.1, -0.05) is 0 Å². The predicted molar refractivity (Wildman–Crippen MR) is 59.7 cm³/mol. The topological polar surface area (TPSA) is 41.6 Å². The summed E-state index contributed by atoms with van der Waals surface area (Å²) in [7, 11) is 0. The number of imidazole rings is 1. The second kappa shape index (κ2) is 3.92. The molecule has 15 heavy (non-hydrogen) atoms. The molecule has 0 fully saturated rings. The Morgan fingerprint density at radius 3 is 2.93 bits per heavy atom. The summed E-state index contributed by atoms with van der Waals surface area (Å²) in [6, 6.07) is 7.60. The third-order valence-corrected chi connectivity index (χ3v) is 2.63. The highest BCUT2D eigenvalue weighted by atomic mass is 35.5. The SMILES string of the molecule is CCn1c(CCl)nc2ccc(C#N)cc21. The van der Waals surface area contributed by atoms with Gasteiger partial charge in [-0.05, 0) is 25.1 Å². The van der Waals surface area contributed by atoms with Gasteiger partial charge in [-0.25, -0.2) is 4.98 Å². The largest absolute Gasteiger partial charge is 0.327 e. The molecule has 1 aromatic carbocycles. The second-order valence-corrected chi connectivity index (χ2v) is 3.49. The monoisotopic (exact) mass is 219 g/mol. The molecule has 0 amide bonds. The molecule has 0 radical (unpaired) electrons. The van der Waals surface area contributed by atoms with E-state index in [1.165, 1.54) is 0 Å². The molecule has 1 aromatic heterocycles. The van der Waals surface area contributed by atoms with Crippen LogP contribution in [0.5, 0.6) is 0 Å². The number of aryl methyl sites for hydroxylation is 1. The van der Waals surface area contributed by atoms with E-state index in [1.807, 2.05) is 23.6 Å². The fourth-order valence-electron chi connectivity index (χ4n) is 1.70. The molecule has 4 heteroatoms. The molecule has 0 aliphatic carbocycles. The molecule has 3 nitrogen and oxygen atoms in total. The Hall–Kier alpha value is -1.53. The predicted octanol–water partition coefficient (Wildman–Crippen LogP) is 2.67. The van der Waals surface area contributed by atoms with Gasteiger partial charge in [0.1, 0.15) is 5.82 Å². The molecule has 0 saturated carbocycles. The molecule has 0 atom stereocenters. The Bertz CT molecular complexity index is 536. The van der Waals surface area contributed by atoms with Crippen molar-refractivity contribution in [1.82, 2.24) is 9.55 Å². The average molecular weight is 220 g/mol. The van der Waals surface area contributed by atoms with Crippen LogP contribution in [-0.4, -0.2) is 9.55 Å². The van der Waals surface area contributed by atoms with Crippen molar-refractivity contribution in [2.24, 2.45) is 0 Å². The quantitative estimate of drug-likeness (QED) is 0.729. The summed E-state index contributed by atoms with van der Waals surface area (Å²) in [6.45, 7) is 2.85. The Morgan fingerprint density at radius 2 is 2.33 bits per heavy atom. The summed E-state index contributed by atoms with van der Waals surface area (Å²) in [5.74, 6) is 1.24. The highest BCUT2D eigenvalue weighted by molar-refractivity contribution is 6.16. The Balaban J connectivity index is 2.74. The van der Waals surface area contributed by atoms with E-state index in [4.69, 9.17) is 16.9 Å². The maximum atomic E-state index is 8.82. The number of benzene rings is 1. The van der Waals surface area contributed by atoms with Gasteiger partial charge in [-0.2, -0.15) is 5.26 Å². The van der Waals surface area contributed by atoms with Crippen molar-refractivity contribution < 1.29 is 0 Å². The molecule has 0 saturated heterocycles. The van der Waals surface area contributed by atoms with Crippen LogP contribution in [0.25, 0.3) is 11.0 Å². The van der Waals surface area contributed by atoms with Gasteiger partial charge in [0.25, 0.3) is 0 Å². The third-order valence-electron chi connectivity index (χ3n) is 2.39. The number of rotatable bonds is 2. The van der Waals surface area contributed by atoms with Crippen molar-refractivity contribution in [3.63, 3.8) is 0 Å². The van der Waals surface area contributed by atoms with Crippen LogP contribution < -0.4 is 0 Å². The summed E-state index contributed by atoms with van der Waals surface area (Å²) in [4.78, 5) is 4.40. The van der Waals surface area contributed by atoms with Gasteiger partial charge in [0.15, 0.2) is 0 Å². The van der Waals surface area contributed by atoms with E-state index in [0.29, 0.717) is 11.4 Å². The minimum atomic E-state index is 0.393. The zero-order valence-electron chi connectivity index (χ0n) is 8.37. The van der Waals surface area contributed by atoms with E-state index in [9.17, 15) is 0 Å². The fourth-order valence-corrected chi connectivity index (χ4v) is 1.90. The lowest BCUT2D eigenvalue weighted by Crippen LogP contribution is -1.99. The smallest absolute Gasteiger partial charge is 0.124 e. The number of halogens is 1. The summed E-state index contributed by atoms with van der Waals surface area (Å²) in [6.07, 6.45) is 0. The Kier molecular flexibility index (Phi) is 2.61. The van der Waals surface area contributed by atoms with Crippen LogP contribution in [0, 0.1) is 11.3 Å². The normalized spacial score (nSPS) is 10.5. The van der Waals surface area contributed by atoms with E-state index in [1.54, 1.807) is 6.07 Å². The van der Waals surface area contributed by atoms with Gasteiger partial charge in [0.2, 0.25) is 0 Å². The molecule has 0 bridgehead atoms. The van der Waals surface area contributed by atoms with Gasteiger partial charge in [-0.3, -0.25) is 0 Å². The maximum Gasteiger partial charge on any atom is 0.124 e. The van der Waals surface area contributed by atoms with E-state index in [0.717, 1.165) is 23.4 Å². The van der Waals surface area contributed by atoms with Gasteiger partial charge in [0, 0.05) is 6.54 Å². The van der Waals surface area contributed by atoms with Gasteiger partial charge in [-0.15, -0.1) is 11.6 Å². The van der Waals surface area contributed by atoms with Crippen molar-refractivity contribution in [2.75, 3.05) is 0 Å². The first kappa shape index (κ1) is 10.0. The van der Waals surface area contributed by atoms with E-state index < -0.39 is 0 Å². The number of hydrogen-bond acceptors (Lipinski definition) is 2. The second-order valence-electron chi connectivity index (χ2n) is 3.22. The first-order valence-electron chi connectivity index (χ1n) is 4.75. The van der Waals surface area contributed by atoms with Gasteiger partial charge in [0.05, 0.1) is 28.5 Å². The first-order chi connectivity index (χ1) is 7.30. The van der Waals surface area contributed by atoms with Crippen molar-refractivity contribution in [2.45, 2.75) is 19.3 Å². The molecular formula is C11H10ClN3. The average Bonchev–Trinajstić information content (AvgIpc) is 2.65. The number of nitrogens with zero attached hydrogens (tertiary/aromatic N) is 3. The lowest BCUT2D eigenvalue weighted by molar-refractivity contribution is 0.747. The highest BCUT2D eigenvalue weighted by Gasteiger charge is 2.08. The number of hydrogen-bond donors (Lipinski definition) is 0. The minimum Gasteiger partial charge on any atom is -0.327 e. The summed E-state index contributed by atoms with van der Waals surface area (Å²) in [5, 5.41) is 8.82. The minimum absolute atomic E-state index is 0.393. The molecule has 0 aliphatic heterocycles. The first-order valence-corrected chi connectivity index (χ1v) is 5.28. The lowest BCUT2D eigenvalue weighted by atomic mass is 10.2. The van der Waals surface area contributed by atoms with Crippen molar-refractivity contribution in [3.05, 3.63) is 29.6 Å². The molecular weight excluding hydrogens is 210 g/mol. The zero-order chi connectivity index (χ0) is 10.8. The van der Waals surface area contributed by atoms with Crippen LogP contribution in [0.2, 0.25) is 0 Å². The number of alkyl halides is 1. The van der Waals surface area contributed by atoms with Crippen molar-refractivity contribution in [1.29, 1.82) is 5.26 Å². The van der Waals surface area contributed by atoms with Gasteiger partial charge >= 0.3 is 0 Å². The number of fused-ring (bicyclic) bond motifs is 1. The van der Waals surface area contributed by atoms with Crippen LogP contribution in [0.1, 0.15) is 18.3 Å². The van der Waals surface area contributed by atoms with E-state index in [-0.39, 0.29) is 0 Å². The van der Waals surface area contributed by atoms with E-state index in [2.05, 4.69) is 11.1 Å². The Labute approximate surface area is 92.9 Å². The summed E-state index contributed by atoms with van der Waals surface area (Å²) < 4.78 is 2.03. The van der Waals surface area contributed by atoms with Gasteiger partial charge < -0.3 is 4.57 Å². The van der Waals surface area contributed by atoms with Crippen LogP contribution in [0.4, 0.5) is 0 Å². The summed E-state index contributed by atoms with van der Waals surface area (Å²) >= 11 is 5.81. The lowest BCUT2D eigenvalue weighted by Gasteiger charge is -2.02. The molecule has 1 heterocycles. The van der Waals surface area contributed by atoms with Crippen LogP contribution in [0.3, 0.4) is 0 Å². The number of aromatic nitrogens is 2. The molecule has 0 N–H and O–H groups in total. The van der Waals surface area contributed by atoms with Crippen LogP contribution >= 0.6 is 11.6 Å². The molecule has 76 valence electrons. The summed E-state index contributed by atoms with van der Waals surface area (Å²) in [5.41, 5.74) is 2.52. The van der Waals surface area contributed by atoms with Crippen LogP contribution in [-0.2, 0) is 12.4 Å². The van der Waals surface area contributed by atoms with E-state index >= 15 is 0 Å². The van der Waals surface area contributed by atoms with Crippen LogP contribution in [0.15, 0.2) is 18.2 Å². The van der Waals surface area contributed by atoms with Crippen molar-refractivity contribution >= 4 is 22.6 Å². The molecule has 0 spiro atoms. The fraction of sp³-hybridized carbons (Fsp3) is 0.273. The molecule has 0 unspecified atom stereocenters. The zero-order valence-corrected chi connectivity index (χ0v) is 9.12.